The molecule has 3 N–H and O–H groups in total. The van der Waals surface area contributed by atoms with Gasteiger partial charge in [-0.15, -0.1) is 24.0 Å². The minimum absolute atomic E-state index is 0. The number of rotatable bonds is 7. The molecule has 150 valence electrons. The van der Waals surface area contributed by atoms with E-state index in [1.807, 2.05) is 18.2 Å². The van der Waals surface area contributed by atoms with Crippen LogP contribution in [0.15, 0.2) is 47.6 Å². The molecule has 0 spiro atoms. The molecule has 2 heterocycles. The van der Waals surface area contributed by atoms with Crippen molar-refractivity contribution in [2.24, 2.45) is 4.99 Å². The lowest BCUT2D eigenvalue weighted by Gasteiger charge is -2.11. The van der Waals surface area contributed by atoms with Gasteiger partial charge in [0.05, 0.1) is 19.3 Å². The number of aliphatic imine (C=N–C) groups is 1. The Morgan fingerprint density at radius 3 is 2.86 bits per heavy atom. The third kappa shape index (κ3) is 5.85. The van der Waals surface area contributed by atoms with Crippen LogP contribution in [0.5, 0.6) is 5.88 Å². The van der Waals surface area contributed by atoms with E-state index >= 15 is 0 Å². The molecule has 0 aliphatic carbocycles. The quantitative estimate of drug-likeness (QED) is 0.266. The van der Waals surface area contributed by atoms with Crippen LogP contribution >= 0.6 is 24.0 Å². The van der Waals surface area contributed by atoms with Crippen LogP contribution in [0.1, 0.15) is 23.7 Å². The van der Waals surface area contributed by atoms with Gasteiger partial charge in [0, 0.05) is 36.3 Å². The molecule has 0 aliphatic heterocycles. The van der Waals surface area contributed by atoms with E-state index < -0.39 is 0 Å². The van der Waals surface area contributed by atoms with Gasteiger partial charge in [-0.2, -0.15) is 0 Å². The second kappa shape index (κ2) is 10.9. The zero-order valence-corrected chi connectivity index (χ0v) is 18.9. The number of pyridine rings is 1. The van der Waals surface area contributed by atoms with Crippen molar-refractivity contribution in [2.45, 2.75) is 26.8 Å². The molecule has 0 atom stereocenters. The third-order valence-electron chi connectivity index (χ3n) is 4.34. The lowest BCUT2D eigenvalue weighted by Crippen LogP contribution is -2.38. The number of nitrogens with zero attached hydrogens (tertiary/aromatic N) is 2. The summed E-state index contributed by atoms with van der Waals surface area (Å²) in [6.45, 7) is 6.28. The Bertz CT molecular complexity index is 922. The maximum absolute atomic E-state index is 5.16. The van der Waals surface area contributed by atoms with E-state index in [1.165, 1.54) is 22.0 Å². The highest BCUT2D eigenvalue weighted by molar-refractivity contribution is 14.0. The summed E-state index contributed by atoms with van der Waals surface area (Å²) < 4.78 is 5.16. The van der Waals surface area contributed by atoms with Gasteiger partial charge in [0.1, 0.15) is 0 Å². The number of halogens is 1. The van der Waals surface area contributed by atoms with Crippen LogP contribution in [-0.2, 0) is 13.0 Å². The van der Waals surface area contributed by atoms with Gasteiger partial charge in [0.2, 0.25) is 5.88 Å². The van der Waals surface area contributed by atoms with Crippen molar-refractivity contribution in [1.29, 1.82) is 0 Å². The van der Waals surface area contributed by atoms with Crippen molar-refractivity contribution in [3.63, 3.8) is 0 Å². The monoisotopic (exact) mass is 493 g/mol. The van der Waals surface area contributed by atoms with Gasteiger partial charge >= 0.3 is 0 Å². The molecule has 0 unspecified atom stereocenters. The molecule has 0 bridgehead atoms. The number of nitrogens with one attached hydrogen (secondary N) is 3. The molecule has 0 saturated carbocycles. The molecule has 3 rings (SSSR count). The molecule has 0 amide bonds. The van der Waals surface area contributed by atoms with E-state index in [0.29, 0.717) is 12.4 Å². The Balaban J connectivity index is 0.00000280. The summed E-state index contributed by atoms with van der Waals surface area (Å²) in [5.41, 5.74) is 4.64. The highest BCUT2D eigenvalue weighted by atomic mass is 127. The molecule has 7 heteroatoms. The average Bonchev–Trinajstić information content (AvgIpc) is 3.08. The van der Waals surface area contributed by atoms with E-state index in [9.17, 15) is 0 Å². The molecule has 1 aromatic carbocycles. The summed E-state index contributed by atoms with van der Waals surface area (Å²) in [4.78, 5) is 12.4. The zero-order chi connectivity index (χ0) is 19.1. The van der Waals surface area contributed by atoms with E-state index in [2.05, 4.69) is 63.8 Å². The predicted molar refractivity (Wildman–Crippen MR) is 126 cm³/mol. The molecular weight excluding hydrogens is 465 g/mol. The largest absolute Gasteiger partial charge is 0.481 e. The van der Waals surface area contributed by atoms with E-state index in [0.717, 1.165) is 31.2 Å². The number of ether oxygens (including phenoxy) is 1. The Kier molecular flexibility index (Phi) is 8.56. The summed E-state index contributed by atoms with van der Waals surface area (Å²) in [5, 5.41) is 7.96. The van der Waals surface area contributed by atoms with Crippen molar-refractivity contribution in [1.82, 2.24) is 20.6 Å². The molecule has 28 heavy (non-hydrogen) atoms. The number of aryl methyl sites for hydroxylation is 1. The molecule has 3 aromatic rings. The second-order valence-corrected chi connectivity index (χ2v) is 6.41. The first-order valence-electron chi connectivity index (χ1n) is 9.28. The van der Waals surface area contributed by atoms with Gasteiger partial charge in [-0.1, -0.05) is 18.2 Å². The molecular formula is C21H28IN5O. The number of aromatic nitrogens is 2. The molecule has 0 aliphatic rings. The van der Waals surface area contributed by atoms with Crippen LogP contribution in [0, 0.1) is 6.92 Å². The number of hydrogen-bond acceptors (Lipinski definition) is 3. The number of guanidine groups is 1. The summed E-state index contributed by atoms with van der Waals surface area (Å²) in [5.74, 6) is 1.40. The first-order chi connectivity index (χ1) is 13.2. The summed E-state index contributed by atoms with van der Waals surface area (Å²) in [6, 6.07) is 12.2. The molecule has 0 fully saturated rings. The lowest BCUT2D eigenvalue weighted by atomic mass is 10.1. The Hall–Kier alpha value is -2.29. The number of methoxy groups -OCH3 is 1. The fourth-order valence-corrected chi connectivity index (χ4v) is 2.98. The molecule has 0 radical (unpaired) electrons. The Labute approximate surface area is 183 Å². The predicted octanol–water partition coefficient (Wildman–Crippen LogP) is 3.80. The Morgan fingerprint density at radius 1 is 1.21 bits per heavy atom. The van der Waals surface area contributed by atoms with Crippen molar-refractivity contribution < 1.29 is 4.74 Å². The highest BCUT2D eigenvalue weighted by Gasteiger charge is 2.05. The van der Waals surface area contributed by atoms with Crippen LogP contribution in [0.2, 0.25) is 0 Å². The fraction of sp³-hybridized carbons (Fsp3) is 0.333. The summed E-state index contributed by atoms with van der Waals surface area (Å²) >= 11 is 0. The molecule has 2 aromatic heterocycles. The zero-order valence-electron chi connectivity index (χ0n) is 16.6. The number of H-pyrrole nitrogens is 1. The maximum atomic E-state index is 5.16. The first-order valence-corrected chi connectivity index (χ1v) is 9.28. The van der Waals surface area contributed by atoms with Crippen molar-refractivity contribution >= 4 is 40.8 Å². The van der Waals surface area contributed by atoms with Gasteiger partial charge in [-0.05, 0) is 43.5 Å². The second-order valence-electron chi connectivity index (χ2n) is 6.41. The smallest absolute Gasteiger partial charge is 0.213 e. The van der Waals surface area contributed by atoms with Gasteiger partial charge < -0.3 is 20.4 Å². The van der Waals surface area contributed by atoms with Crippen molar-refractivity contribution in [3.05, 3.63) is 59.4 Å². The van der Waals surface area contributed by atoms with Crippen molar-refractivity contribution in [3.8, 4) is 5.88 Å². The van der Waals surface area contributed by atoms with Crippen molar-refractivity contribution in [2.75, 3.05) is 20.2 Å². The normalized spacial score (nSPS) is 11.2. The summed E-state index contributed by atoms with van der Waals surface area (Å²) in [6.07, 6.45) is 3.01. The minimum Gasteiger partial charge on any atom is -0.481 e. The van der Waals surface area contributed by atoms with Crippen LogP contribution in [0.3, 0.4) is 0 Å². The number of aromatic amines is 1. The first kappa shape index (κ1) is 22.0. The van der Waals surface area contributed by atoms with E-state index in [-0.39, 0.29) is 24.0 Å². The number of hydrogen-bond donors (Lipinski definition) is 3. The standard InChI is InChI=1S/C21H27N5O.HI/c1-4-22-21(25-14-17-6-5-7-20(26-17)27-3)23-11-10-16-13-24-19-12-15(2)8-9-18(16)19;/h5-9,12-13,24H,4,10-11,14H2,1-3H3,(H2,22,23,25);1H. The van der Waals surface area contributed by atoms with Crippen LogP contribution in [-0.4, -0.2) is 36.1 Å². The van der Waals surface area contributed by atoms with Crippen LogP contribution < -0.4 is 15.4 Å². The van der Waals surface area contributed by atoms with Gasteiger partial charge in [0.15, 0.2) is 5.96 Å². The SMILES string of the molecule is CCNC(=NCc1cccc(OC)n1)NCCc1c[nH]c2cc(C)ccc12.I. The number of fused-ring (bicyclic) bond motifs is 1. The topological polar surface area (TPSA) is 74.3 Å². The van der Waals surface area contributed by atoms with Gasteiger partial charge in [-0.3, -0.25) is 0 Å². The summed E-state index contributed by atoms with van der Waals surface area (Å²) in [7, 11) is 1.62. The van der Waals surface area contributed by atoms with Crippen LogP contribution in [0.25, 0.3) is 10.9 Å². The number of benzene rings is 1. The van der Waals surface area contributed by atoms with Gasteiger partial charge in [-0.25, -0.2) is 9.98 Å². The van der Waals surface area contributed by atoms with E-state index in [1.54, 1.807) is 7.11 Å². The minimum atomic E-state index is 0. The third-order valence-corrected chi connectivity index (χ3v) is 4.34. The fourth-order valence-electron chi connectivity index (χ4n) is 2.98. The lowest BCUT2D eigenvalue weighted by molar-refractivity contribution is 0.396. The average molecular weight is 493 g/mol. The van der Waals surface area contributed by atoms with E-state index in [4.69, 9.17) is 4.74 Å². The maximum Gasteiger partial charge on any atom is 0.213 e. The Morgan fingerprint density at radius 2 is 2.07 bits per heavy atom. The van der Waals surface area contributed by atoms with Gasteiger partial charge in [0.25, 0.3) is 0 Å². The van der Waals surface area contributed by atoms with Crippen LogP contribution in [0.4, 0.5) is 0 Å². The molecule has 6 nitrogen and oxygen atoms in total. The highest BCUT2D eigenvalue weighted by Crippen LogP contribution is 2.19. The molecule has 0 saturated heterocycles.